The topological polar surface area (TPSA) is 92.2 Å². The molecule has 2 atom stereocenters. The molecule has 2 amide bonds. The summed E-state index contributed by atoms with van der Waals surface area (Å²) in [6.07, 6.45) is 3.40. The van der Waals surface area contributed by atoms with Gasteiger partial charge < -0.3 is 20.5 Å². The lowest BCUT2D eigenvalue weighted by Crippen LogP contribution is -2.34. The molecule has 28 heavy (non-hydrogen) atoms. The van der Waals surface area contributed by atoms with Gasteiger partial charge in [0.25, 0.3) is 17.4 Å². The number of amides is 2. The summed E-state index contributed by atoms with van der Waals surface area (Å²) < 4.78 is 1.46. The Kier molecular flexibility index (Phi) is 4.66. The van der Waals surface area contributed by atoms with Gasteiger partial charge in [0.1, 0.15) is 5.56 Å². The van der Waals surface area contributed by atoms with Crippen molar-refractivity contribution in [1.82, 2.24) is 15.2 Å². The molecule has 1 fully saturated rings. The maximum atomic E-state index is 12.9. The molecular weight excluding hydrogens is 356 g/mol. The fourth-order valence-corrected chi connectivity index (χ4v) is 3.70. The smallest absolute Gasteiger partial charge is 0.263 e. The van der Waals surface area contributed by atoms with Gasteiger partial charge in [0.05, 0.1) is 12.1 Å². The van der Waals surface area contributed by atoms with Gasteiger partial charge in [0, 0.05) is 31.5 Å². The molecule has 1 saturated carbocycles. The molecule has 0 radical (unpaired) electrons. The van der Waals surface area contributed by atoms with Crippen LogP contribution >= 0.6 is 0 Å². The molecule has 0 spiro atoms. The summed E-state index contributed by atoms with van der Waals surface area (Å²) in [5.41, 5.74) is 3.17. The number of pyridine rings is 1. The zero-order valence-corrected chi connectivity index (χ0v) is 16.0. The van der Waals surface area contributed by atoms with Gasteiger partial charge >= 0.3 is 0 Å². The van der Waals surface area contributed by atoms with Crippen LogP contribution in [-0.4, -0.2) is 36.0 Å². The van der Waals surface area contributed by atoms with E-state index < -0.39 is 11.5 Å². The molecule has 1 aliphatic heterocycles. The fourth-order valence-electron chi connectivity index (χ4n) is 3.70. The van der Waals surface area contributed by atoms with Gasteiger partial charge in [-0.3, -0.25) is 14.4 Å². The molecular formula is C21H24N4O3. The van der Waals surface area contributed by atoms with Crippen molar-refractivity contribution < 1.29 is 9.59 Å². The molecule has 2 aliphatic rings. The second kappa shape index (κ2) is 7.14. The maximum absolute atomic E-state index is 12.9. The van der Waals surface area contributed by atoms with E-state index in [0.717, 1.165) is 30.6 Å². The van der Waals surface area contributed by atoms with E-state index >= 15 is 0 Å². The summed E-state index contributed by atoms with van der Waals surface area (Å²) in [6, 6.07) is 7.50. The molecule has 3 N–H and O–H groups in total. The van der Waals surface area contributed by atoms with Crippen molar-refractivity contribution >= 4 is 17.5 Å². The molecule has 0 bridgehead atoms. The van der Waals surface area contributed by atoms with Gasteiger partial charge in [-0.05, 0) is 42.0 Å². The zero-order valence-electron chi connectivity index (χ0n) is 16.0. The number of fused-ring (bicyclic) bond motifs is 1. The van der Waals surface area contributed by atoms with E-state index in [1.165, 1.54) is 23.2 Å². The maximum Gasteiger partial charge on any atom is 0.263 e. The van der Waals surface area contributed by atoms with Gasteiger partial charge in [-0.2, -0.15) is 0 Å². The molecule has 2 heterocycles. The number of aromatic nitrogens is 1. The third-order valence-corrected chi connectivity index (χ3v) is 5.55. The monoisotopic (exact) mass is 380 g/mol. The molecule has 146 valence electrons. The van der Waals surface area contributed by atoms with Gasteiger partial charge in [0.2, 0.25) is 0 Å². The number of nitrogens with one attached hydrogen (secondary N) is 3. The van der Waals surface area contributed by atoms with Gasteiger partial charge in [-0.25, -0.2) is 0 Å². The van der Waals surface area contributed by atoms with Crippen LogP contribution in [-0.2, 0) is 13.0 Å². The largest absolute Gasteiger partial charge is 0.384 e. The zero-order chi connectivity index (χ0) is 19.8. The van der Waals surface area contributed by atoms with E-state index in [1.54, 1.807) is 6.20 Å². The van der Waals surface area contributed by atoms with Crippen LogP contribution in [0.1, 0.15) is 45.2 Å². The van der Waals surface area contributed by atoms with Crippen LogP contribution in [0.5, 0.6) is 0 Å². The number of nitrogens with zero attached hydrogens (tertiary/aromatic N) is 1. The molecule has 7 heteroatoms. The molecule has 1 aromatic heterocycles. The molecule has 4 rings (SSSR count). The van der Waals surface area contributed by atoms with Crippen LogP contribution in [0.15, 0.2) is 35.3 Å². The Balaban J connectivity index is 1.72. The van der Waals surface area contributed by atoms with Crippen molar-refractivity contribution in [2.75, 3.05) is 18.9 Å². The fraction of sp³-hybridized carbons (Fsp3) is 0.381. The van der Waals surface area contributed by atoms with E-state index in [9.17, 15) is 14.4 Å². The Morgan fingerprint density at radius 1 is 1.29 bits per heavy atom. The minimum atomic E-state index is -0.492. The van der Waals surface area contributed by atoms with Crippen molar-refractivity contribution in [3.8, 4) is 0 Å². The van der Waals surface area contributed by atoms with E-state index in [2.05, 4.69) is 22.9 Å². The third-order valence-electron chi connectivity index (χ3n) is 5.55. The summed E-state index contributed by atoms with van der Waals surface area (Å²) in [7, 11) is 1.47. The number of carbonyl (C=O) groups excluding carboxylic acids is 2. The van der Waals surface area contributed by atoms with Crippen LogP contribution in [0.4, 0.5) is 5.69 Å². The van der Waals surface area contributed by atoms with Crippen molar-refractivity contribution in [2.45, 2.75) is 32.4 Å². The molecule has 0 saturated heterocycles. The lowest BCUT2D eigenvalue weighted by atomic mass is 10.0. The lowest BCUT2D eigenvalue weighted by Gasteiger charge is -2.14. The van der Waals surface area contributed by atoms with Crippen LogP contribution < -0.4 is 21.5 Å². The highest BCUT2D eigenvalue weighted by atomic mass is 16.2. The molecule has 7 nitrogen and oxygen atoms in total. The molecule has 0 unspecified atom stereocenters. The van der Waals surface area contributed by atoms with Crippen molar-refractivity contribution in [3.63, 3.8) is 0 Å². The van der Waals surface area contributed by atoms with Crippen LogP contribution in [0.25, 0.3) is 0 Å². The standard InChI is InChI=1S/C21H24N4O3/c1-12-8-18(12)24-19(26)14-9-16(20(27)22-2)21(28)25(11-14)10-13-4-3-5-17-15(13)6-7-23-17/h3-5,9,11-12,18,23H,6-8,10H2,1-2H3,(H,22,27)(H,24,26)/t12-,18-/m0/s1. The Morgan fingerprint density at radius 2 is 2.07 bits per heavy atom. The quantitative estimate of drug-likeness (QED) is 0.730. The van der Waals surface area contributed by atoms with Crippen LogP contribution in [0.3, 0.4) is 0 Å². The first-order valence-electron chi connectivity index (χ1n) is 9.60. The van der Waals surface area contributed by atoms with Crippen LogP contribution in [0.2, 0.25) is 0 Å². The first-order valence-corrected chi connectivity index (χ1v) is 9.60. The van der Waals surface area contributed by atoms with Gasteiger partial charge in [-0.15, -0.1) is 0 Å². The second-order valence-corrected chi connectivity index (χ2v) is 7.57. The second-order valence-electron chi connectivity index (χ2n) is 7.57. The average Bonchev–Trinajstić information content (AvgIpc) is 3.17. The normalized spacial score (nSPS) is 19.5. The number of rotatable bonds is 5. The number of anilines is 1. The SMILES string of the molecule is CNC(=O)c1cc(C(=O)N[C@H]2C[C@@H]2C)cn(Cc2cccc3c2CCN3)c1=O. The number of hydrogen-bond donors (Lipinski definition) is 3. The Bertz CT molecular complexity index is 1010. The van der Waals surface area contributed by atoms with Crippen LogP contribution in [0, 0.1) is 5.92 Å². The van der Waals surface area contributed by atoms with E-state index in [-0.39, 0.29) is 17.5 Å². The molecule has 1 aromatic carbocycles. The molecule has 1 aliphatic carbocycles. The number of benzene rings is 1. The Hall–Kier alpha value is -3.09. The van der Waals surface area contributed by atoms with Gasteiger partial charge in [-0.1, -0.05) is 19.1 Å². The Labute approximate surface area is 163 Å². The van der Waals surface area contributed by atoms with E-state index in [0.29, 0.717) is 18.0 Å². The third kappa shape index (κ3) is 3.40. The van der Waals surface area contributed by atoms with Crippen molar-refractivity contribution in [1.29, 1.82) is 0 Å². The van der Waals surface area contributed by atoms with Crippen molar-refractivity contribution in [3.05, 3.63) is 63.1 Å². The highest BCUT2D eigenvalue weighted by Crippen LogP contribution is 2.29. The summed E-state index contributed by atoms with van der Waals surface area (Å²) in [5, 5.41) is 8.77. The highest BCUT2D eigenvalue weighted by Gasteiger charge is 2.34. The first-order chi connectivity index (χ1) is 13.5. The predicted octanol–water partition coefficient (Wildman–Crippen LogP) is 1.36. The van der Waals surface area contributed by atoms with E-state index in [4.69, 9.17) is 0 Å². The van der Waals surface area contributed by atoms with E-state index in [1.807, 2.05) is 18.2 Å². The van der Waals surface area contributed by atoms with Gasteiger partial charge in [0.15, 0.2) is 0 Å². The summed E-state index contributed by atoms with van der Waals surface area (Å²) in [4.78, 5) is 37.8. The Morgan fingerprint density at radius 3 is 2.79 bits per heavy atom. The minimum Gasteiger partial charge on any atom is -0.384 e. The lowest BCUT2D eigenvalue weighted by molar-refractivity contribution is 0.0948. The summed E-state index contributed by atoms with van der Waals surface area (Å²) in [6.45, 7) is 3.26. The van der Waals surface area contributed by atoms with Crippen molar-refractivity contribution in [2.24, 2.45) is 5.92 Å². The molecule has 2 aromatic rings. The average molecular weight is 380 g/mol. The summed E-state index contributed by atoms with van der Waals surface area (Å²) >= 11 is 0. The first kappa shape index (κ1) is 18.3. The minimum absolute atomic E-state index is 0.0234. The summed E-state index contributed by atoms with van der Waals surface area (Å²) in [5.74, 6) is -0.283. The highest BCUT2D eigenvalue weighted by molar-refractivity contribution is 5.99. The predicted molar refractivity (Wildman–Crippen MR) is 107 cm³/mol. The number of hydrogen-bond acceptors (Lipinski definition) is 4. The number of carbonyl (C=O) groups is 2.